The number of rotatable bonds is 15. The third kappa shape index (κ3) is 10.6. The predicted octanol–water partition coefficient (Wildman–Crippen LogP) is 7.72. The smallest absolute Gasteiger partial charge is 0.413 e. The highest BCUT2D eigenvalue weighted by atomic mass is 32.2. The number of benzene rings is 4. The van der Waals surface area contributed by atoms with E-state index >= 15 is 8.42 Å². The van der Waals surface area contributed by atoms with Gasteiger partial charge in [-0.2, -0.15) is 9.10 Å². The SMILES string of the molecule is COc1ccc(CN(Cc2ccc(OC)cc2)S(=O)(=O)c2cccc(/C=C/c3ccc(NC(=O)OC(C)(C)C)nc3)c2-c2nnn(Cc3ccc(OC)cc3)n2)cc1. The van der Waals surface area contributed by atoms with Gasteiger partial charge in [0.2, 0.25) is 15.8 Å². The second-order valence-electron chi connectivity index (χ2n) is 14.1. The van der Waals surface area contributed by atoms with Crippen LogP contribution in [0.4, 0.5) is 10.6 Å². The zero-order chi connectivity index (χ0) is 41.3. The third-order valence-electron chi connectivity index (χ3n) is 8.74. The summed E-state index contributed by atoms with van der Waals surface area (Å²) in [5.41, 5.74) is 3.23. The molecule has 300 valence electrons. The molecule has 0 aliphatic carbocycles. The van der Waals surface area contributed by atoms with Gasteiger partial charge < -0.3 is 18.9 Å². The fourth-order valence-corrected chi connectivity index (χ4v) is 7.49. The number of hydrogen-bond acceptors (Lipinski definition) is 11. The molecule has 0 unspecified atom stereocenters. The Hall–Kier alpha value is -6.58. The number of ether oxygens (including phenoxy) is 4. The molecule has 1 amide bonds. The summed E-state index contributed by atoms with van der Waals surface area (Å²) in [7, 11) is 0.497. The lowest BCUT2D eigenvalue weighted by Crippen LogP contribution is -2.31. The van der Waals surface area contributed by atoms with Crippen molar-refractivity contribution in [1.82, 2.24) is 29.5 Å². The Morgan fingerprint density at radius 3 is 1.84 bits per heavy atom. The van der Waals surface area contributed by atoms with Gasteiger partial charge in [-0.1, -0.05) is 60.7 Å². The first-order valence-electron chi connectivity index (χ1n) is 18.3. The zero-order valence-electron chi connectivity index (χ0n) is 33.1. The number of tetrazole rings is 1. The van der Waals surface area contributed by atoms with Crippen molar-refractivity contribution >= 4 is 34.1 Å². The van der Waals surface area contributed by atoms with Crippen molar-refractivity contribution in [3.8, 4) is 28.6 Å². The summed E-state index contributed by atoms with van der Waals surface area (Å²) in [6.45, 7) is 5.74. The molecule has 6 aromatic rings. The number of nitrogens with one attached hydrogen (secondary N) is 1. The van der Waals surface area contributed by atoms with E-state index < -0.39 is 21.7 Å². The van der Waals surface area contributed by atoms with E-state index in [0.29, 0.717) is 34.2 Å². The Morgan fingerprint density at radius 1 is 0.759 bits per heavy atom. The van der Waals surface area contributed by atoms with E-state index in [1.54, 1.807) is 115 Å². The van der Waals surface area contributed by atoms with Gasteiger partial charge in [-0.25, -0.2) is 18.2 Å². The number of pyridine rings is 1. The van der Waals surface area contributed by atoms with Crippen LogP contribution in [0.5, 0.6) is 17.2 Å². The molecule has 0 saturated carbocycles. The van der Waals surface area contributed by atoms with Crippen LogP contribution < -0.4 is 19.5 Å². The highest BCUT2D eigenvalue weighted by Crippen LogP contribution is 2.34. The molecule has 15 heteroatoms. The Morgan fingerprint density at radius 2 is 1.33 bits per heavy atom. The molecular formula is C43H45N7O7S. The molecule has 0 aliphatic rings. The largest absolute Gasteiger partial charge is 0.497 e. The highest BCUT2D eigenvalue weighted by Gasteiger charge is 2.31. The minimum absolute atomic E-state index is 0.00398. The fourth-order valence-electron chi connectivity index (χ4n) is 5.85. The molecule has 1 N–H and O–H groups in total. The van der Waals surface area contributed by atoms with Gasteiger partial charge in [-0.05, 0) is 108 Å². The van der Waals surface area contributed by atoms with E-state index in [1.165, 1.54) is 9.10 Å². The molecule has 2 aromatic heterocycles. The molecule has 0 atom stereocenters. The van der Waals surface area contributed by atoms with Crippen molar-refractivity contribution in [3.05, 3.63) is 137 Å². The summed E-state index contributed by atoms with van der Waals surface area (Å²) in [5.74, 6) is 2.46. The van der Waals surface area contributed by atoms with E-state index in [9.17, 15) is 4.79 Å². The van der Waals surface area contributed by atoms with Crippen LogP contribution in [0.1, 0.15) is 48.6 Å². The van der Waals surface area contributed by atoms with Gasteiger partial charge >= 0.3 is 6.09 Å². The lowest BCUT2D eigenvalue weighted by molar-refractivity contribution is 0.0635. The molecule has 6 rings (SSSR count). The van der Waals surface area contributed by atoms with Crippen molar-refractivity contribution in [3.63, 3.8) is 0 Å². The molecule has 4 aromatic carbocycles. The van der Waals surface area contributed by atoms with Crippen LogP contribution in [-0.4, -0.2) is 70.9 Å². The molecule has 58 heavy (non-hydrogen) atoms. The Kier molecular flexibility index (Phi) is 12.8. The third-order valence-corrected chi connectivity index (χ3v) is 10.6. The number of nitrogens with zero attached hydrogens (tertiary/aromatic N) is 6. The van der Waals surface area contributed by atoms with E-state index in [2.05, 4.69) is 20.6 Å². The van der Waals surface area contributed by atoms with Crippen LogP contribution in [0.3, 0.4) is 0 Å². The second kappa shape index (κ2) is 18.1. The van der Waals surface area contributed by atoms with Gasteiger partial charge in [0.25, 0.3) is 0 Å². The number of aromatic nitrogens is 5. The van der Waals surface area contributed by atoms with E-state index in [0.717, 1.165) is 16.7 Å². The Balaban J connectivity index is 1.40. The Labute approximate surface area is 338 Å². The molecule has 0 fully saturated rings. The molecule has 0 spiro atoms. The average Bonchev–Trinajstić information content (AvgIpc) is 3.68. The first-order chi connectivity index (χ1) is 27.8. The van der Waals surface area contributed by atoms with Gasteiger partial charge in [0.05, 0.1) is 38.3 Å². The van der Waals surface area contributed by atoms with E-state index in [-0.39, 0.29) is 35.9 Å². The maximum atomic E-state index is 15.1. The van der Waals surface area contributed by atoms with Gasteiger partial charge in [-0.3, -0.25) is 5.32 Å². The van der Waals surface area contributed by atoms with Crippen LogP contribution in [-0.2, 0) is 34.4 Å². The first-order valence-corrected chi connectivity index (χ1v) is 19.7. The lowest BCUT2D eigenvalue weighted by atomic mass is 10.1. The second-order valence-corrected chi connectivity index (χ2v) is 16.0. The van der Waals surface area contributed by atoms with Crippen LogP contribution >= 0.6 is 0 Å². The zero-order valence-corrected chi connectivity index (χ0v) is 33.9. The Bertz CT molecular complexity index is 2400. The van der Waals surface area contributed by atoms with Crippen molar-refractivity contribution in [2.24, 2.45) is 0 Å². The van der Waals surface area contributed by atoms with Crippen molar-refractivity contribution in [2.45, 2.75) is 50.9 Å². The standard InChI is InChI=1S/C43H45N7O7S/c1-43(2,3)57-42(51)45-39-25-17-30(26-44-39)10-18-34-8-7-9-38(40(34)41-46-48-50(47-41)29-33-15-23-37(56-6)24-16-33)58(52,53)49(27-31-11-19-35(54-4)20-12-31)28-32-13-21-36(55-5)22-14-32/h7-26H,27-29H2,1-6H3,(H,44,45,51)/b18-10+. The van der Waals surface area contributed by atoms with Crippen LogP contribution in [0.15, 0.2) is 114 Å². The van der Waals surface area contributed by atoms with Crippen molar-refractivity contribution in [1.29, 1.82) is 0 Å². The van der Waals surface area contributed by atoms with Crippen LogP contribution in [0.25, 0.3) is 23.5 Å². The number of methoxy groups -OCH3 is 3. The molecule has 0 radical (unpaired) electrons. The molecular weight excluding hydrogens is 759 g/mol. The quantitative estimate of drug-likeness (QED) is 0.108. The lowest BCUT2D eigenvalue weighted by Gasteiger charge is -2.24. The number of carbonyl (C=O) groups excluding carboxylic acids is 1. The van der Waals surface area contributed by atoms with Gasteiger partial charge in [-0.15, -0.1) is 10.2 Å². The number of hydrogen-bond donors (Lipinski definition) is 1. The van der Waals surface area contributed by atoms with Gasteiger partial charge in [0, 0.05) is 19.3 Å². The number of sulfonamides is 1. The van der Waals surface area contributed by atoms with Gasteiger partial charge in [0.15, 0.2) is 0 Å². The van der Waals surface area contributed by atoms with Crippen LogP contribution in [0.2, 0.25) is 0 Å². The molecule has 2 heterocycles. The minimum atomic E-state index is -4.26. The molecule has 0 aliphatic heterocycles. The summed E-state index contributed by atoms with van der Waals surface area (Å²) in [5, 5.41) is 16.0. The van der Waals surface area contributed by atoms with E-state index in [1.807, 2.05) is 48.5 Å². The summed E-state index contributed by atoms with van der Waals surface area (Å²) >= 11 is 0. The number of anilines is 1. The highest BCUT2D eigenvalue weighted by molar-refractivity contribution is 7.89. The minimum Gasteiger partial charge on any atom is -0.497 e. The molecule has 0 saturated heterocycles. The monoisotopic (exact) mass is 803 g/mol. The first kappa shape index (κ1) is 41.1. The van der Waals surface area contributed by atoms with Gasteiger partial charge in [0.1, 0.15) is 28.7 Å². The van der Waals surface area contributed by atoms with Crippen molar-refractivity contribution < 1.29 is 32.2 Å². The normalized spacial score (nSPS) is 11.8. The van der Waals surface area contributed by atoms with E-state index in [4.69, 9.17) is 24.0 Å². The maximum Gasteiger partial charge on any atom is 0.413 e. The summed E-state index contributed by atoms with van der Waals surface area (Å²) in [6.07, 6.45) is 4.52. The predicted molar refractivity (Wildman–Crippen MR) is 221 cm³/mol. The van der Waals surface area contributed by atoms with Crippen molar-refractivity contribution in [2.75, 3.05) is 26.6 Å². The number of amides is 1. The molecule has 14 nitrogen and oxygen atoms in total. The fraction of sp³-hybridized carbons (Fsp3) is 0.233. The number of carbonyl (C=O) groups is 1. The maximum absolute atomic E-state index is 15.1. The van der Waals surface area contributed by atoms with Crippen LogP contribution in [0, 0.1) is 0 Å². The average molecular weight is 804 g/mol. The summed E-state index contributed by atoms with van der Waals surface area (Å²) in [4.78, 5) is 18.0. The molecule has 0 bridgehead atoms. The summed E-state index contributed by atoms with van der Waals surface area (Å²) in [6, 6.07) is 30.5. The summed E-state index contributed by atoms with van der Waals surface area (Å²) < 4.78 is 52.9. The topological polar surface area (TPSA) is 160 Å².